The monoisotopic (exact) mass is 349 g/mol. The van der Waals surface area contributed by atoms with Crippen molar-refractivity contribution in [3.63, 3.8) is 0 Å². The zero-order valence-corrected chi connectivity index (χ0v) is 14.2. The highest BCUT2D eigenvalue weighted by atomic mass is 16.6. The smallest absolute Gasteiger partial charge is 0.311 e. The van der Waals surface area contributed by atoms with Gasteiger partial charge < -0.3 is 5.32 Å². The average Bonchev–Trinajstić information content (AvgIpc) is 3.07. The normalized spacial score (nSPS) is 16.1. The molecule has 0 amide bonds. The summed E-state index contributed by atoms with van der Waals surface area (Å²) in [4.78, 5) is 15.0. The summed E-state index contributed by atoms with van der Waals surface area (Å²) in [5.74, 6) is 0.311. The van der Waals surface area contributed by atoms with Crippen molar-refractivity contribution in [2.75, 3.05) is 5.32 Å². The summed E-state index contributed by atoms with van der Waals surface area (Å²) in [6.45, 7) is 0.729. The number of nitrogens with one attached hydrogen (secondary N) is 1. The Labute approximate surface area is 150 Å². The van der Waals surface area contributed by atoms with Crippen LogP contribution in [0.1, 0.15) is 35.7 Å². The van der Waals surface area contributed by atoms with E-state index in [0.29, 0.717) is 5.82 Å². The third kappa shape index (κ3) is 3.15. The lowest BCUT2D eigenvalue weighted by Gasteiger charge is -2.24. The minimum absolute atomic E-state index is 0.00343. The van der Waals surface area contributed by atoms with E-state index in [-0.39, 0.29) is 11.7 Å². The van der Waals surface area contributed by atoms with Gasteiger partial charge in [-0.05, 0) is 30.9 Å². The maximum absolute atomic E-state index is 11.2. The molecule has 0 fully saturated rings. The van der Waals surface area contributed by atoms with Crippen molar-refractivity contribution in [2.45, 2.75) is 31.8 Å². The molecule has 1 aliphatic carbocycles. The van der Waals surface area contributed by atoms with Crippen molar-refractivity contribution in [3.05, 3.63) is 81.8 Å². The molecule has 0 radical (unpaired) electrons. The molecule has 0 bridgehead atoms. The first kappa shape index (κ1) is 16.3. The van der Waals surface area contributed by atoms with Crippen LogP contribution in [0.25, 0.3) is 0 Å². The fourth-order valence-electron chi connectivity index (χ4n) is 3.48. The second-order valence-corrected chi connectivity index (χ2v) is 6.41. The Bertz CT molecular complexity index is 923. The number of hydrogen-bond donors (Lipinski definition) is 1. The first-order valence-corrected chi connectivity index (χ1v) is 8.67. The summed E-state index contributed by atoms with van der Waals surface area (Å²) >= 11 is 0. The lowest BCUT2D eigenvalue weighted by molar-refractivity contribution is -0.384. The molecule has 1 N–H and O–H groups in total. The van der Waals surface area contributed by atoms with Crippen molar-refractivity contribution in [3.8, 4) is 0 Å². The van der Waals surface area contributed by atoms with Gasteiger partial charge in [-0.2, -0.15) is 5.10 Å². The largest absolute Gasteiger partial charge is 0.357 e. The standard InChI is InChI=1S/C19H19N5O2/c25-24(26)18-10-5-11-20-19(18)22-16-8-4-9-17-15(16)12-21-23(17)13-14-6-2-1-3-7-14/h1-3,5-7,10-12,16H,4,8-9,13H2,(H,20,22)/t16-/m0/s1. The zero-order valence-electron chi connectivity index (χ0n) is 14.2. The molecule has 1 aliphatic rings. The van der Waals surface area contributed by atoms with Crippen LogP contribution in [0.3, 0.4) is 0 Å². The van der Waals surface area contributed by atoms with Crippen molar-refractivity contribution in [2.24, 2.45) is 0 Å². The Balaban J connectivity index is 1.60. The molecule has 0 aliphatic heterocycles. The van der Waals surface area contributed by atoms with E-state index in [1.807, 2.05) is 29.1 Å². The van der Waals surface area contributed by atoms with Crippen LogP contribution in [0.4, 0.5) is 11.5 Å². The van der Waals surface area contributed by atoms with Gasteiger partial charge in [0.05, 0.1) is 23.7 Å². The number of nitro groups is 1. The van der Waals surface area contributed by atoms with Crippen LogP contribution in [0, 0.1) is 10.1 Å². The van der Waals surface area contributed by atoms with Gasteiger partial charge in [-0.3, -0.25) is 14.8 Å². The Kier molecular flexibility index (Phi) is 4.35. The van der Waals surface area contributed by atoms with E-state index in [0.717, 1.165) is 31.4 Å². The van der Waals surface area contributed by atoms with E-state index >= 15 is 0 Å². The Hall–Kier alpha value is -3.22. The number of pyridine rings is 1. The van der Waals surface area contributed by atoms with Crippen LogP contribution >= 0.6 is 0 Å². The average molecular weight is 349 g/mol. The fourth-order valence-corrected chi connectivity index (χ4v) is 3.48. The number of hydrogen-bond acceptors (Lipinski definition) is 5. The van der Waals surface area contributed by atoms with Gasteiger partial charge in [-0.1, -0.05) is 30.3 Å². The minimum Gasteiger partial charge on any atom is -0.357 e. The first-order valence-electron chi connectivity index (χ1n) is 8.67. The van der Waals surface area contributed by atoms with Crippen molar-refractivity contribution < 1.29 is 4.92 Å². The molecule has 132 valence electrons. The Morgan fingerprint density at radius 3 is 2.88 bits per heavy atom. The van der Waals surface area contributed by atoms with E-state index in [1.165, 1.54) is 17.3 Å². The van der Waals surface area contributed by atoms with Gasteiger partial charge in [-0.15, -0.1) is 0 Å². The van der Waals surface area contributed by atoms with Crippen LogP contribution in [0.5, 0.6) is 0 Å². The molecule has 7 nitrogen and oxygen atoms in total. The van der Waals surface area contributed by atoms with Gasteiger partial charge in [0.2, 0.25) is 5.82 Å². The highest BCUT2D eigenvalue weighted by Gasteiger charge is 2.26. The Morgan fingerprint density at radius 1 is 1.23 bits per heavy atom. The van der Waals surface area contributed by atoms with Gasteiger partial charge in [-0.25, -0.2) is 4.98 Å². The number of fused-ring (bicyclic) bond motifs is 1. The number of rotatable bonds is 5. The molecule has 7 heteroatoms. The van der Waals surface area contributed by atoms with Gasteiger partial charge in [0.1, 0.15) is 0 Å². The Morgan fingerprint density at radius 2 is 2.08 bits per heavy atom. The first-order chi connectivity index (χ1) is 12.7. The molecule has 2 aromatic heterocycles. The maximum Gasteiger partial charge on any atom is 0.311 e. The van der Waals surface area contributed by atoms with E-state index in [4.69, 9.17) is 0 Å². The lowest BCUT2D eigenvalue weighted by atomic mass is 9.93. The van der Waals surface area contributed by atoms with Gasteiger partial charge in [0.25, 0.3) is 0 Å². The molecular formula is C19H19N5O2. The number of nitrogens with zero attached hydrogens (tertiary/aromatic N) is 4. The molecule has 1 aromatic carbocycles. The molecule has 0 unspecified atom stereocenters. The SMILES string of the molecule is O=[N+]([O-])c1cccnc1N[C@H]1CCCc2c1cnn2Cc1ccccc1. The summed E-state index contributed by atoms with van der Waals surface area (Å²) in [7, 11) is 0. The van der Waals surface area contributed by atoms with Crippen LogP contribution in [-0.4, -0.2) is 19.7 Å². The third-order valence-electron chi connectivity index (χ3n) is 4.73. The number of aromatic nitrogens is 3. The molecule has 4 rings (SSSR count). The predicted octanol–water partition coefficient (Wildman–Crippen LogP) is 3.72. The molecule has 2 heterocycles. The number of benzene rings is 1. The van der Waals surface area contributed by atoms with Crippen molar-refractivity contribution >= 4 is 11.5 Å². The second-order valence-electron chi connectivity index (χ2n) is 6.41. The van der Waals surface area contributed by atoms with Gasteiger partial charge in [0, 0.05) is 23.5 Å². The van der Waals surface area contributed by atoms with Crippen LogP contribution < -0.4 is 5.32 Å². The maximum atomic E-state index is 11.2. The topological polar surface area (TPSA) is 85.9 Å². The molecule has 3 aromatic rings. The quantitative estimate of drug-likeness (QED) is 0.560. The fraction of sp³-hybridized carbons (Fsp3) is 0.263. The van der Waals surface area contributed by atoms with Crippen LogP contribution in [0.2, 0.25) is 0 Å². The van der Waals surface area contributed by atoms with Crippen molar-refractivity contribution in [1.82, 2.24) is 14.8 Å². The molecule has 0 spiro atoms. The molecule has 26 heavy (non-hydrogen) atoms. The van der Waals surface area contributed by atoms with Crippen LogP contribution in [0.15, 0.2) is 54.9 Å². The molecule has 0 saturated carbocycles. The summed E-state index contributed by atoms with van der Waals surface area (Å²) < 4.78 is 2.03. The second kappa shape index (κ2) is 6.95. The third-order valence-corrected chi connectivity index (χ3v) is 4.73. The van der Waals surface area contributed by atoms with E-state index in [2.05, 4.69) is 27.5 Å². The van der Waals surface area contributed by atoms with Gasteiger partial charge in [0.15, 0.2) is 0 Å². The number of anilines is 1. The molecule has 0 saturated heterocycles. The summed E-state index contributed by atoms with van der Waals surface area (Å²) in [5.41, 5.74) is 3.49. The van der Waals surface area contributed by atoms with E-state index < -0.39 is 4.92 Å². The van der Waals surface area contributed by atoms with Crippen LogP contribution in [-0.2, 0) is 13.0 Å². The lowest BCUT2D eigenvalue weighted by Crippen LogP contribution is -2.19. The summed E-state index contributed by atoms with van der Waals surface area (Å²) in [6.07, 6.45) is 6.32. The van der Waals surface area contributed by atoms with Crippen molar-refractivity contribution in [1.29, 1.82) is 0 Å². The van der Waals surface area contributed by atoms with Gasteiger partial charge >= 0.3 is 5.69 Å². The zero-order chi connectivity index (χ0) is 17.9. The highest BCUT2D eigenvalue weighted by Crippen LogP contribution is 2.34. The summed E-state index contributed by atoms with van der Waals surface area (Å²) in [5, 5.41) is 19.0. The van der Waals surface area contributed by atoms with E-state index in [9.17, 15) is 10.1 Å². The summed E-state index contributed by atoms with van der Waals surface area (Å²) in [6, 6.07) is 13.3. The minimum atomic E-state index is -0.405. The predicted molar refractivity (Wildman–Crippen MR) is 98.0 cm³/mol. The molecule has 1 atom stereocenters. The van der Waals surface area contributed by atoms with E-state index in [1.54, 1.807) is 12.3 Å². The highest BCUT2D eigenvalue weighted by molar-refractivity contribution is 5.56. The molecular weight excluding hydrogens is 330 g/mol.